The maximum atomic E-state index is 2.37. The van der Waals surface area contributed by atoms with Crippen molar-refractivity contribution in [3.63, 3.8) is 0 Å². The number of hydrogen-bond donors (Lipinski definition) is 0. The molecule has 0 aliphatic carbocycles. The Hall–Kier alpha value is -1.64. The van der Waals surface area contributed by atoms with Crippen molar-refractivity contribution in [2.45, 2.75) is 96.8 Å². The second-order valence-electron chi connectivity index (χ2n) is 9.18. The number of benzene rings is 2. The molecular formula is C29H47NO. The van der Waals surface area contributed by atoms with Crippen LogP contribution in [-0.4, -0.2) is 19.1 Å². The van der Waals surface area contributed by atoms with Crippen molar-refractivity contribution in [3.05, 3.63) is 60.7 Å². The lowest BCUT2D eigenvalue weighted by Crippen LogP contribution is -2.40. The molecule has 2 aromatic carbocycles. The van der Waals surface area contributed by atoms with Gasteiger partial charge in [-0.25, -0.2) is 0 Å². The van der Waals surface area contributed by atoms with Crippen LogP contribution >= 0.6 is 0 Å². The fourth-order valence-electron chi connectivity index (χ4n) is 4.54. The molecular weight excluding hydrogens is 378 g/mol. The summed E-state index contributed by atoms with van der Waals surface area (Å²) in [5.41, 5.74) is 2.77. The highest BCUT2D eigenvalue weighted by Crippen LogP contribution is 2.32. The molecule has 2 nitrogen and oxygen atoms in total. The minimum absolute atomic E-state index is 0. The van der Waals surface area contributed by atoms with Crippen molar-refractivity contribution in [2.75, 3.05) is 13.6 Å². The van der Waals surface area contributed by atoms with E-state index in [2.05, 4.69) is 74.6 Å². The molecule has 0 saturated heterocycles. The lowest BCUT2D eigenvalue weighted by atomic mass is 10.0. The highest BCUT2D eigenvalue weighted by molar-refractivity contribution is 5.57. The van der Waals surface area contributed by atoms with E-state index in [9.17, 15) is 0 Å². The van der Waals surface area contributed by atoms with Gasteiger partial charge in [0.15, 0.2) is 0 Å². The van der Waals surface area contributed by atoms with Gasteiger partial charge >= 0.3 is 0 Å². The van der Waals surface area contributed by atoms with Gasteiger partial charge in [0.05, 0.1) is 13.6 Å². The largest absolute Gasteiger partial charge is 0.870 e. The van der Waals surface area contributed by atoms with Crippen LogP contribution in [-0.2, 0) is 0 Å². The van der Waals surface area contributed by atoms with Crippen molar-refractivity contribution in [3.8, 4) is 0 Å². The SMILES string of the molecule is CCCCCCCCCCCCCCCC[N+](C)(c1ccccc1)c1ccccc1.[OH-]. The lowest BCUT2D eigenvalue weighted by molar-refractivity contribution is 0.429. The summed E-state index contributed by atoms with van der Waals surface area (Å²) in [4.78, 5) is 0. The summed E-state index contributed by atoms with van der Waals surface area (Å²) in [6, 6.07) is 22.0. The Bertz CT molecular complexity index is 601. The fourth-order valence-corrected chi connectivity index (χ4v) is 4.54. The van der Waals surface area contributed by atoms with Gasteiger partial charge in [-0.15, -0.1) is 0 Å². The molecule has 2 aromatic rings. The molecule has 1 N–H and O–H groups in total. The highest BCUT2D eigenvalue weighted by Gasteiger charge is 2.27. The average molecular weight is 426 g/mol. The van der Waals surface area contributed by atoms with Crippen LogP contribution in [0.15, 0.2) is 60.7 Å². The molecule has 0 spiro atoms. The molecule has 0 bridgehead atoms. The van der Waals surface area contributed by atoms with Gasteiger partial charge < -0.3 is 5.48 Å². The maximum Gasteiger partial charge on any atom is 0.137 e. The first kappa shape index (κ1) is 27.4. The molecule has 0 aromatic heterocycles. The normalized spacial score (nSPS) is 11.3. The molecule has 0 aliphatic rings. The van der Waals surface area contributed by atoms with Crippen LogP contribution in [0.4, 0.5) is 11.4 Å². The summed E-state index contributed by atoms with van der Waals surface area (Å²) in [6.45, 7) is 3.47. The number of hydrogen-bond acceptors (Lipinski definition) is 1. The minimum Gasteiger partial charge on any atom is -0.870 e. The Morgan fingerprint density at radius 2 is 0.806 bits per heavy atom. The zero-order chi connectivity index (χ0) is 21.3. The molecule has 174 valence electrons. The van der Waals surface area contributed by atoms with E-state index < -0.39 is 0 Å². The van der Waals surface area contributed by atoms with E-state index in [0.29, 0.717) is 0 Å². The minimum atomic E-state index is 0. The van der Waals surface area contributed by atoms with Crippen molar-refractivity contribution < 1.29 is 5.48 Å². The summed E-state index contributed by atoms with van der Waals surface area (Å²) in [6.07, 6.45) is 19.8. The third kappa shape index (κ3) is 10.5. The first-order valence-corrected chi connectivity index (χ1v) is 12.7. The summed E-state index contributed by atoms with van der Waals surface area (Å²) < 4.78 is 0.903. The Morgan fingerprint density at radius 1 is 0.484 bits per heavy atom. The monoisotopic (exact) mass is 425 g/mol. The second kappa shape index (κ2) is 17.0. The van der Waals surface area contributed by atoms with Gasteiger partial charge in [-0.3, -0.25) is 4.48 Å². The topological polar surface area (TPSA) is 30.0 Å². The van der Waals surface area contributed by atoms with Gasteiger partial charge in [0.25, 0.3) is 0 Å². The van der Waals surface area contributed by atoms with Crippen LogP contribution in [0, 0.1) is 0 Å². The van der Waals surface area contributed by atoms with Crippen molar-refractivity contribution in [2.24, 2.45) is 0 Å². The van der Waals surface area contributed by atoms with E-state index in [0.717, 1.165) is 4.48 Å². The molecule has 31 heavy (non-hydrogen) atoms. The maximum absolute atomic E-state index is 2.37. The molecule has 0 radical (unpaired) electrons. The van der Waals surface area contributed by atoms with Gasteiger partial charge in [-0.05, 0) is 37.1 Å². The molecule has 0 heterocycles. The van der Waals surface area contributed by atoms with Crippen LogP contribution in [0.25, 0.3) is 0 Å². The van der Waals surface area contributed by atoms with E-state index in [4.69, 9.17) is 0 Å². The van der Waals surface area contributed by atoms with Gasteiger partial charge in [0, 0.05) is 0 Å². The van der Waals surface area contributed by atoms with Crippen LogP contribution in [0.2, 0.25) is 0 Å². The second-order valence-corrected chi connectivity index (χ2v) is 9.18. The lowest BCUT2D eigenvalue weighted by Gasteiger charge is -2.33. The van der Waals surface area contributed by atoms with E-state index in [1.165, 1.54) is 108 Å². The van der Waals surface area contributed by atoms with Gasteiger partial charge in [-0.1, -0.05) is 120 Å². The Labute approximate surface area is 192 Å². The fraction of sp³-hybridized carbons (Fsp3) is 0.586. The first-order valence-electron chi connectivity index (χ1n) is 12.7. The van der Waals surface area contributed by atoms with Crippen LogP contribution < -0.4 is 4.48 Å². The predicted octanol–water partition coefficient (Wildman–Crippen LogP) is 9.26. The van der Waals surface area contributed by atoms with Crippen molar-refractivity contribution >= 4 is 11.4 Å². The zero-order valence-corrected chi connectivity index (χ0v) is 20.3. The Morgan fingerprint density at radius 3 is 1.16 bits per heavy atom. The summed E-state index contributed by atoms with van der Waals surface area (Å²) in [5, 5.41) is 0. The third-order valence-electron chi connectivity index (χ3n) is 6.61. The number of unbranched alkanes of at least 4 members (excludes halogenated alkanes) is 13. The molecule has 2 heteroatoms. The first-order chi connectivity index (χ1) is 14.8. The van der Waals surface area contributed by atoms with E-state index in [1.807, 2.05) is 0 Å². The molecule has 0 unspecified atom stereocenters. The van der Waals surface area contributed by atoms with E-state index in [1.54, 1.807) is 0 Å². The van der Waals surface area contributed by atoms with Gasteiger partial charge in [-0.2, -0.15) is 0 Å². The number of quaternary nitrogens is 1. The van der Waals surface area contributed by atoms with E-state index >= 15 is 0 Å². The van der Waals surface area contributed by atoms with Gasteiger partial charge in [0.2, 0.25) is 0 Å². The van der Waals surface area contributed by atoms with Crippen molar-refractivity contribution in [1.29, 1.82) is 0 Å². The van der Waals surface area contributed by atoms with Crippen LogP contribution in [0.3, 0.4) is 0 Å². The average Bonchev–Trinajstić information content (AvgIpc) is 2.80. The number of rotatable bonds is 17. The molecule has 0 amide bonds. The van der Waals surface area contributed by atoms with Gasteiger partial charge in [0.1, 0.15) is 11.4 Å². The summed E-state index contributed by atoms with van der Waals surface area (Å²) in [5.74, 6) is 0. The Kier molecular flexibility index (Phi) is 15.0. The number of para-hydroxylation sites is 2. The van der Waals surface area contributed by atoms with E-state index in [-0.39, 0.29) is 5.48 Å². The molecule has 2 rings (SSSR count). The highest BCUT2D eigenvalue weighted by atomic mass is 16.0. The quantitative estimate of drug-likeness (QED) is 0.183. The molecule has 0 saturated carbocycles. The number of nitrogens with zero attached hydrogens (tertiary/aromatic N) is 1. The summed E-state index contributed by atoms with van der Waals surface area (Å²) in [7, 11) is 2.37. The summed E-state index contributed by atoms with van der Waals surface area (Å²) >= 11 is 0. The zero-order valence-electron chi connectivity index (χ0n) is 20.3. The molecule has 0 fully saturated rings. The van der Waals surface area contributed by atoms with Crippen molar-refractivity contribution in [1.82, 2.24) is 4.48 Å². The molecule has 0 atom stereocenters. The Balaban J connectivity index is 0.00000480. The standard InChI is InChI=1S/C29H46N.H2O/c1-3-4-5-6-7-8-9-10-11-12-13-14-15-22-27-30(2,28-23-18-16-19-24-28)29-25-20-17-21-26-29;/h16-21,23-26H,3-15,22,27H2,1-2H3;1H2/q+1;/p-1. The third-order valence-corrected chi connectivity index (χ3v) is 6.61. The van der Waals surface area contributed by atoms with Crippen LogP contribution in [0.1, 0.15) is 96.8 Å². The predicted molar refractivity (Wildman–Crippen MR) is 137 cm³/mol. The van der Waals surface area contributed by atoms with Crippen LogP contribution in [0.5, 0.6) is 0 Å². The molecule has 0 aliphatic heterocycles. The smallest absolute Gasteiger partial charge is 0.137 e.